The van der Waals surface area contributed by atoms with Crippen LogP contribution in [0.5, 0.6) is 0 Å². The first-order valence-electron chi connectivity index (χ1n) is 9.59. The number of hydrogen-bond donors (Lipinski definition) is 1. The summed E-state index contributed by atoms with van der Waals surface area (Å²) < 4.78 is 10.9. The summed E-state index contributed by atoms with van der Waals surface area (Å²) in [6, 6.07) is 26.6. The molecule has 30 heavy (non-hydrogen) atoms. The van der Waals surface area contributed by atoms with Gasteiger partial charge in [-0.2, -0.15) is 0 Å². The van der Waals surface area contributed by atoms with E-state index >= 15 is 0 Å². The Hall–Kier alpha value is -3.70. The molecule has 0 saturated heterocycles. The zero-order chi connectivity index (χ0) is 21.2. The van der Waals surface area contributed by atoms with Gasteiger partial charge in [-0.25, -0.2) is 9.59 Å². The third kappa shape index (κ3) is 6.15. The predicted molar refractivity (Wildman–Crippen MR) is 115 cm³/mol. The molecule has 1 atom stereocenters. The van der Waals surface area contributed by atoms with Crippen LogP contribution in [0.25, 0.3) is 0 Å². The van der Waals surface area contributed by atoms with E-state index in [0.29, 0.717) is 17.7 Å². The molecule has 0 fully saturated rings. The van der Waals surface area contributed by atoms with Crippen molar-refractivity contribution in [1.82, 2.24) is 5.32 Å². The van der Waals surface area contributed by atoms with E-state index in [2.05, 4.69) is 11.9 Å². The van der Waals surface area contributed by atoms with Crippen LogP contribution in [0.4, 0.5) is 0 Å². The lowest BCUT2D eigenvalue weighted by atomic mass is 10.2. The number of rotatable bonds is 9. The highest BCUT2D eigenvalue weighted by Gasteiger charge is 2.20. The molecular formula is C25H23NO4. The van der Waals surface area contributed by atoms with Gasteiger partial charge in [-0.1, -0.05) is 73.3 Å². The Morgan fingerprint density at radius 1 is 0.767 bits per heavy atom. The fraction of sp³-hybridized carbons (Fsp3) is 0.120. The van der Waals surface area contributed by atoms with E-state index in [0.717, 1.165) is 5.56 Å². The highest BCUT2D eigenvalue weighted by atomic mass is 16.6. The number of nitrogens with one attached hydrogen (secondary N) is 1. The van der Waals surface area contributed by atoms with E-state index < -0.39 is 18.0 Å². The minimum Gasteiger partial charge on any atom is -0.460 e. The highest BCUT2D eigenvalue weighted by Crippen LogP contribution is 2.11. The molecule has 0 aliphatic carbocycles. The summed E-state index contributed by atoms with van der Waals surface area (Å²) in [6.45, 7) is 4.36. The first kappa shape index (κ1) is 21.0. The molecule has 1 N–H and O–H groups in total. The van der Waals surface area contributed by atoms with E-state index in [1.165, 1.54) is 0 Å². The van der Waals surface area contributed by atoms with Crippen LogP contribution in [-0.4, -0.2) is 24.6 Å². The normalized spacial score (nSPS) is 11.3. The molecule has 0 amide bonds. The maximum atomic E-state index is 12.4. The molecule has 0 saturated carbocycles. The lowest BCUT2D eigenvalue weighted by Crippen LogP contribution is -2.37. The van der Waals surface area contributed by atoms with Gasteiger partial charge in [0.25, 0.3) is 0 Å². The van der Waals surface area contributed by atoms with Gasteiger partial charge in [0.2, 0.25) is 0 Å². The van der Waals surface area contributed by atoms with Gasteiger partial charge >= 0.3 is 11.9 Å². The minimum absolute atomic E-state index is 0.0263. The second-order valence-electron chi connectivity index (χ2n) is 6.61. The van der Waals surface area contributed by atoms with E-state index in [-0.39, 0.29) is 12.4 Å². The molecule has 0 aromatic heterocycles. The van der Waals surface area contributed by atoms with Crippen LogP contribution in [0.3, 0.4) is 0 Å². The van der Waals surface area contributed by atoms with Gasteiger partial charge in [-0.15, -0.1) is 0 Å². The fourth-order valence-corrected chi connectivity index (χ4v) is 2.74. The summed E-state index contributed by atoms with van der Waals surface area (Å²) in [5.41, 5.74) is 1.91. The number of hydrogen-bond acceptors (Lipinski definition) is 5. The van der Waals surface area contributed by atoms with Gasteiger partial charge in [-0.3, -0.25) is 0 Å². The predicted octanol–water partition coefficient (Wildman–Crippen LogP) is 4.37. The number of carbonyl (C=O) groups is 2. The summed E-state index contributed by atoms with van der Waals surface area (Å²) >= 11 is 0. The Morgan fingerprint density at radius 3 is 1.83 bits per heavy atom. The first-order chi connectivity index (χ1) is 14.6. The van der Waals surface area contributed by atoms with E-state index in [1.807, 2.05) is 42.5 Å². The van der Waals surface area contributed by atoms with E-state index in [4.69, 9.17) is 9.47 Å². The van der Waals surface area contributed by atoms with Gasteiger partial charge < -0.3 is 14.8 Å². The summed E-state index contributed by atoms with van der Waals surface area (Å²) in [5, 5.41) is 3.25. The standard InChI is InChI=1S/C25H23NO4/c1-19(30-25(28)22-15-9-4-10-16-22)23(26-17-20-11-5-2-6-12-20)18-29-24(27)21-13-7-3-8-14-21/h2-16,23,26H,1,17-18H2. The molecule has 3 aromatic rings. The molecule has 0 radical (unpaired) electrons. The van der Waals surface area contributed by atoms with Gasteiger partial charge in [0.05, 0.1) is 11.1 Å². The largest absolute Gasteiger partial charge is 0.460 e. The van der Waals surface area contributed by atoms with E-state index in [9.17, 15) is 9.59 Å². The van der Waals surface area contributed by atoms with Gasteiger partial charge in [0.15, 0.2) is 0 Å². The second kappa shape index (κ2) is 10.7. The SMILES string of the molecule is C=C(OC(=O)c1ccccc1)C(COC(=O)c1ccccc1)NCc1ccccc1. The third-order valence-electron chi connectivity index (χ3n) is 4.41. The van der Waals surface area contributed by atoms with Crippen molar-refractivity contribution in [3.05, 3.63) is 120 Å². The van der Waals surface area contributed by atoms with Gasteiger partial charge in [0.1, 0.15) is 18.4 Å². The number of esters is 2. The molecular weight excluding hydrogens is 378 g/mol. The molecule has 152 valence electrons. The monoisotopic (exact) mass is 401 g/mol. The lowest BCUT2D eigenvalue weighted by Gasteiger charge is -2.21. The first-order valence-corrected chi connectivity index (χ1v) is 9.59. The Balaban J connectivity index is 1.65. The van der Waals surface area contributed by atoms with Gasteiger partial charge in [-0.05, 0) is 29.8 Å². The molecule has 0 aliphatic rings. The quantitative estimate of drug-likeness (QED) is 0.426. The maximum absolute atomic E-state index is 12.4. The molecule has 1 unspecified atom stereocenters. The Morgan fingerprint density at radius 2 is 1.27 bits per heavy atom. The maximum Gasteiger partial charge on any atom is 0.343 e. The van der Waals surface area contributed by atoms with E-state index in [1.54, 1.807) is 48.5 Å². The summed E-state index contributed by atoms with van der Waals surface area (Å²) in [6.07, 6.45) is 0. The van der Waals surface area contributed by atoms with Crippen molar-refractivity contribution >= 4 is 11.9 Å². The Kier molecular flexibility index (Phi) is 7.52. The minimum atomic E-state index is -0.564. The molecule has 5 nitrogen and oxygen atoms in total. The van der Waals surface area contributed by atoms with Crippen molar-refractivity contribution in [1.29, 1.82) is 0 Å². The van der Waals surface area contributed by atoms with Crippen LogP contribution < -0.4 is 5.32 Å². The Labute approximate surface area is 176 Å². The van der Waals surface area contributed by atoms with Crippen molar-refractivity contribution in [3.63, 3.8) is 0 Å². The molecule has 0 spiro atoms. The van der Waals surface area contributed by atoms with Crippen molar-refractivity contribution in [2.75, 3.05) is 6.61 Å². The molecule has 5 heteroatoms. The average Bonchev–Trinajstić information content (AvgIpc) is 2.80. The molecule has 3 rings (SSSR count). The van der Waals surface area contributed by atoms with Crippen LogP contribution in [0.2, 0.25) is 0 Å². The smallest absolute Gasteiger partial charge is 0.343 e. The Bertz CT molecular complexity index is 972. The number of ether oxygens (including phenoxy) is 2. The number of carbonyl (C=O) groups excluding carboxylic acids is 2. The fourth-order valence-electron chi connectivity index (χ4n) is 2.74. The molecule has 0 bridgehead atoms. The molecule has 0 aliphatic heterocycles. The highest BCUT2D eigenvalue weighted by molar-refractivity contribution is 5.90. The zero-order valence-corrected chi connectivity index (χ0v) is 16.5. The van der Waals surface area contributed by atoms with Crippen molar-refractivity contribution in [2.45, 2.75) is 12.6 Å². The average molecular weight is 401 g/mol. The summed E-state index contributed by atoms with van der Waals surface area (Å²) in [4.78, 5) is 24.7. The number of benzene rings is 3. The zero-order valence-electron chi connectivity index (χ0n) is 16.5. The topological polar surface area (TPSA) is 64.6 Å². The third-order valence-corrected chi connectivity index (χ3v) is 4.41. The lowest BCUT2D eigenvalue weighted by molar-refractivity contribution is 0.0426. The van der Waals surface area contributed by atoms with Crippen LogP contribution in [0.1, 0.15) is 26.3 Å². The van der Waals surface area contributed by atoms with Crippen molar-refractivity contribution in [2.24, 2.45) is 0 Å². The van der Waals surface area contributed by atoms with Crippen molar-refractivity contribution in [3.8, 4) is 0 Å². The van der Waals surface area contributed by atoms with Crippen LogP contribution in [0, 0.1) is 0 Å². The molecule has 3 aromatic carbocycles. The van der Waals surface area contributed by atoms with Crippen LogP contribution >= 0.6 is 0 Å². The van der Waals surface area contributed by atoms with Gasteiger partial charge in [0, 0.05) is 6.54 Å². The van der Waals surface area contributed by atoms with Crippen LogP contribution in [0.15, 0.2) is 103 Å². The summed E-state index contributed by atoms with van der Waals surface area (Å²) in [5.74, 6) is -0.786. The second-order valence-corrected chi connectivity index (χ2v) is 6.61. The van der Waals surface area contributed by atoms with Crippen LogP contribution in [-0.2, 0) is 16.0 Å². The summed E-state index contributed by atoms with van der Waals surface area (Å²) in [7, 11) is 0. The van der Waals surface area contributed by atoms with Crippen molar-refractivity contribution < 1.29 is 19.1 Å². The molecule has 0 heterocycles.